The molecule has 1 aliphatic carbocycles. The Morgan fingerprint density at radius 2 is 1.96 bits per heavy atom. The fourth-order valence-electron chi connectivity index (χ4n) is 3.24. The molecule has 1 fully saturated rings. The van der Waals surface area contributed by atoms with E-state index in [9.17, 15) is 4.79 Å². The monoisotopic (exact) mass is 376 g/mol. The van der Waals surface area contributed by atoms with Gasteiger partial charge in [-0.2, -0.15) is 5.10 Å². The molecule has 1 heterocycles. The molecule has 6 heteroatoms. The highest BCUT2D eigenvalue weighted by molar-refractivity contribution is 5.92. The number of carbonyl (C=O) groups is 1. The molecule has 0 radical (unpaired) electrons. The van der Waals surface area contributed by atoms with Crippen LogP contribution in [0.3, 0.4) is 0 Å². The predicted molar refractivity (Wildman–Crippen MR) is 108 cm³/mol. The zero-order chi connectivity index (χ0) is 18.0. The molecule has 1 aliphatic rings. The number of nitrogens with one attached hydrogen (secondary N) is 1. The van der Waals surface area contributed by atoms with Crippen LogP contribution >= 0.6 is 12.4 Å². The highest BCUT2D eigenvalue weighted by Gasteiger charge is 2.29. The minimum Gasteiger partial charge on any atom is -0.328 e. The van der Waals surface area contributed by atoms with Crippen molar-refractivity contribution in [2.45, 2.75) is 58.0 Å². The van der Waals surface area contributed by atoms with E-state index in [4.69, 9.17) is 10.8 Å². The number of hydrogen-bond donors (Lipinski definition) is 2. The number of amides is 1. The third-order valence-electron chi connectivity index (χ3n) is 4.82. The number of benzene rings is 1. The van der Waals surface area contributed by atoms with Crippen molar-refractivity contribution in [3.63, 3.8) is 0 Å². The first-order valence-corrected chi connectivity index (χ1v) is 9.01. The van der Waals surface area contributed by atoms with Gasteiger partial charge in [-0.15, -0.1) is 12.4 Å². The molecule has 2 atom stereocenters. The first kappa shape index (κ1) is 20.5. The zero-order valence-electron chi connectivity index (χ0n) is 15.7. The number of nitrogens with zero attached hydrogens (tertiary/aromatic N) is 2. The highest BCUT2D eigenvalue weighted by atomic mass is 35.5. The summed E-state index contributed by atoms with van der Waals surface area (Å²) < 4.78 is 1.89. The van der Waals surface area contributed by atoms with Crippen LogP contribution in [0.15, 0.2) is 36.4 Å². The van der Waals surface area contributed by atoms with Gasteiger partial charge in [-0.05, 0) is 24.8 Å². The molecule has 5 nitrogen and oxygen atoms in total. The number of nitrogens with two attached hydrogens (primary N) is 1. The summed E-state index contributed by atoms with van der Waals surface area (Å²) in [6.07, 6.45) is 2.56. The lowest BCUT2D eigenvalue weighted by Crippen LogP contribution is -2.24. The smallest absolute Gasteiger partial charge is 0.228 e. The van der Waals surface area contributed by atoms with Crippen LogP contribution in [0.25, 0.3) is 0 Å². The van der Waals surface area contributed by atoms with Crippen molar-refractivity contribution >= 4 is 24.1 Å². The van der Waals surface area contributed by atoms with Crippen molar-refractivity contribution in [3.8, 4) is 0 Å². The molecule has 26 heavy (non-hydrogen) atoms. The average Bonchev–Trinajstić information content (AvgIpc) is 3.15. The summed E-state index contributed by atoms with van der Waals surface area (Å²) in [6, 6.07) is 12.3. The van der Waals surface area contributed by atoms with Crippen LogP contribution in [0.1, 0.15) is 51.3 Å². The van der Waals surface area contributed by atoms with Crippen molar-refractivity contribution in [2.24, 2.45) is 11.7 Å². The van der Waals surface area contributed by atoms with Crippen LogP contribution in [-0.2, 0) is 16.8 Å². The molecule has 3 rings (SSSR count). The number of aromatic nitrogens is 2. The van der Waals surface area contributed by atoms with E-state index in [2.05, 4.69) is 38.2 Å². The average molecular weight is 377 g/mol. The quantitative estimate of drug-likeness (QED) is 0.854. The first-order valence-electron chi connectivity index (χ1n) is 9.01. The molecule has 0 spiro atoms. The Morgan fingerprint density at radius 3 is 2.54 bits per heavy atom. The van der Waals surface area contributed by atoms with Gasteiger partial charge in [-0.1, -0.05) is 51.1 Å². The van der Waals surface area contributed by atoms with Gasteiger partial charge in [-0.3, -0.25) is 4.79 Å². The second-order valence-electron chi connectivity index (χ2n) is 8.07. The molecular weight excluding hydrogens is 348 g/mol. The van der Waals surface area contributed by atoms with E-state index in [1.165, 1.54) is 0 Å². The number of carbonyl (C=O) groups excluding carboxylic acids is 1. The van der Waals surface area contributed by atoms with Crippen LogP contribution in [-0.4, -0.2) is 21.7 Å². The lowest BCUT2D eigenvalue weighted by Gasteiger charge is -2.14. The van der Waals surface area contributed by atoms with Crippen molar-refractivity contribution in [1.29, 1.82) is 0 Å². The van der Waals surface area contributed by atoms with Gasteiger partial charge in [0.15, 0.2) is 0 Å². The van der Waals surface area contributed by atoms with Crippen molar-refractivity contribution in [2.75, 3.05) is 5.32 Å². The van der Waals surface area contributed by atoms with Crippen LogP contribution in [0.2, 0.25) is 0 Å². The minimum atomic E-state index is -0.0723. The Hall–Kier alpha value is -1.85. The second kappa shape index (κ2) is 8.23. The summed E-state index contributed by atoms with van der Waals surface area (Å²) >= 11 is 0. The molecule has 0 aliphatic heterocycles. The van der Waals surface area contributed by atoms with E-state index in [1.807, 2.05) is 28.9 Å². The largest absolute Gasteiger partial charge is 0.328 e. The Labute approximate surface area is 161 Å². The fourth-order valence-corrected chi connectivity index (χ4v) is 3.24. The summed E-state index contributed by atoms with van der Waals surface area (Å²) in [5.74, 6) is 0.829. The molecular formula is C20H29ClN4O. The number of rotatable bonds is 4. The first-order chi connectivity index (χ1) is 11.8. The number of anilines is 1. The lowest BCUT2D eigenvalue weighted by molar-refractivity contribution is -0.119. The SMILES string of the molecule is CC(C)(C)c1cc(NC(=O)C2CCC(N)C2)n(Cc2ccccc2)n1.Cl. The molecule has 2 aromatic rings. The van der Waals surface area contributed by atoms with Crippen LogP contribution in [0.5, 0.6) is 0 Å². The maximum Gasteiger partial charge on any atom is 0.228 e. The van der Waals surface area contributed by atoms with Gasteiger partial charge in [0.1, 0.15) is 5.82 Å². The summed E-state index contributed by atoms with van der Waals surface area (Å²) in [7, 11) is 0. The van der Waals surface area contributed by atoms with Gasteiger partial charge in [0, 0.05) is 23.4 Å². The molecule has 142 valence electrons. The lowest BCUT2D eigenvalue weighted by atomic mass is 9.92. The molecule has 0 saturated heterocycles. The van der Waals surface area contributed by atoms with Crippen LogP contribution in [0, 0.1) is 5.92 Å². The minimum absolute atomic E-state index is 0. The van der Waals surface area contributed by atoms with E-state index in [1.54, 1.807) is 0 Å². The molecule has 1 amide bonds. The maximum absolute atomic E-state index is 12.6. The molecule has 3 N–H and O–H groups in total. The van der Waals surface area contributed by atoms with Gasteiger partial charge >= 0.3 is 0 Å². The van der Waals surface area contributed by atoms with Gasteiger partial charge in [0.2, 0.25) is 5.91 Å². The van der Waals surface area contributed by atoms with Gasteiger partial charge in [0.05, 0.1) is 12.2 Å². The van der Waals surface area contributed by atoms with Crippen molar-refractivity contribution in [3.05, 3.63) is 47.7 Å². The van der Waals surface area contributed by atoms with E-state index in [0.717, 1.165) is 36.3 Å². The molecule has 1 aromatic heterocycles. The van der Waals surface area contributed by atoms with Gasteiger partial charge in [-0.25, -0.2) is 4.68 Å². The predicted octanol–water partition coefficient (Wildman–Crippen LogP) is 3.72. The zero-order valence-corrected chi connectivity index (χ0v) is 16.6. The fraction of sp³-hybridized carbons (Fsp3) is 0.500. The third kappa shape index (κ3) is 4.86. The van der Waals surface area contributed by atoms with Crippen LogP contribution in [0.4, 0.5) is 5.82 Å². The normalized spacial score (nSPS) is 19.8. The van der Waals surface area contributed by atoms with E-state index < -0.39 is 0 Å². The number of hydrogen-bond acceptors (Lipinski definition) is 3. The maximum atomic E-state index is 12.6. The Balaban J connectivity index is 0.00000243. The van der Waals surface area contributed by atoms with E-state index in [-0.39, 0.29) is 35.7 Å². The molecule has 1 saturated carbocycles. The summed E-state index contributed by atoms with van der Waals surface area (Å²) in [6.45, 7) is 7.02. The molecule has 0 bridgehead atoms. The molecule has 2 unspecified atom stereocenters. The summed E-state index contributed by atoms with van der Waals surface area (Å²) in [5, 5.41) is 7.84. The van der Waals surface area contributed by atoms with Crippen molar-refractivity contribution in [1.82, 2.24) is 9.78 Å². The van der Waals surface area contributed by atoms with Crippen LogP contribution < -0.4 is 11.1 Å². The summed E-state index contributed by atoms with van der Waals surface area (Å²) in [4.78, 5) is 12.6. The third-order valence-corrected chi connectivity index (χ3v) is 4.82. The van der Waals surface area contributed by atoms with E-state index >= 15 is 0 Å². The second-order valence-corrected chi connectivity index (χ2v) is 8.07. The summed E-state index contributed by atoms with van der Waals surface area (Å²) in [5.41, 5.74) is 8.01. The standard InChI is InChI=1S/C20H28N4O.ClH/c1-20(2,3)17-12-18(22-19(25)15-9-10-16(21)11-15)24(23-17)13-14-7-5-4-6-8-14;/h4-8,12,15-16H,9-11,13,21H2,1-3H3,(H,22,25);1H. The number of halogens is 1. The van der Waals surface area contributed by atoms with Gasteiger partial charge in [0.25, 0.3) is 0 Å². The molecule has 1 aromatic carbocycles. The highest BCUT2D eigenvalue weighted by Crippen LogP contribution is 2.28. The Morgan fingerprint density at radius 1 is 1.27 bits per heavy atom. The topological polar surface area (TPSA) is 72.9 Å². The Kier molecular flexibility index (Phi) is 6.48. The van der Waals surface area contributed by atoms with Gasteiger partial charge < -0.3 is 11.1 Å². The Bertz CT molecular complexity index is 736. The van der Waals surface area contributed by atoms with Crippen molar-refractivity contribution < 1.29 is 4.79 Å². The van der Waals surface area contributed by atoms with E-state index in [0.29, 0.717) is 6.54 Å².